The minimum atomic E-state index is 0.638. The van der Waals surface area contributed by atoms with Crippen LogP contribution in [0.15, 0.2) is 6.07 Å². The molecule has 0 spiro atoms. The molecule has 1 aromatic heterocycles. The molecule has 0 fully saturated rings. The molecular formula is C12H21N3OS. The number of aryl methyl sites for hydroxylation is 1. The quantitative estimate of drug-likeness (QED) is 0.554. The number of nitrogens with zero attached hydrogens (tertiary/aromatic N) is 1. The molecule has 0 amide bonds. The van der Waals surface area contributed by atoms with Gasteiger partial charge in [0.1, 0.15) is 16.3 Å². The molecule has 0 aromatic carbocycles. The lowest BCUT2D eigenvalue weighted by molar-refractivity contribution is 0.147. The van der Waals surface area contributed by atoms with Crippen LogP contribution in [-0.4, -0.2) is 29.7 Å². The van der Waals surface area contributed by atoms with Gasteiger partial charge < -0.3 is 15.0 Å². The van der Waals surface area contributed by atoms with Gasteiger partial charge in [0.05, 0.1) is 0 Å². The van der Waals surface area contributed by atoms with Gasteiger partial charge in [-0.25, -0.2) is 4.98 Å². The summed E-state index contributed by atoms with van der Waals surface area (Å²) in [5.41, 5.74) is 0. The van der Waals surface area contributed by atoms with Crippen LogP contribution in [0.25, 0.3) is 0 Å². The van der Waals surface area contributed by atoms with Crippen LogP contribution in [0.3, 0.4) is 0 Å². The van der Waals surface area contributed by atoms with Crippen LogP contribution < -0.4 is 5.32 Å². The molecular weight excluding hydrogens is 234 g/mol. The Balaban J connectivity index is 2.44. The number of rotatable bonds is 8. The van der Waals surface area contributed by atoms with Crippen LogP contribution in [0.1, 0.15) is 32.5 Å². The van der Waals surface area contributed by atoms with Crippen molar-refractivity contribution in [2.75, 3.05) is 25.1 Å². The number of nitrogens with one attached hydrogen (secondary N) is 2. The summed E-state index contributed by atoms with van der Waals surface area (Å²) in [6.45, 7) is 6.57. The van der Waals surface area contributed by atoms with E-state index >= 15 is 0 Å². The average Bonchev–Trinajstić information content (AvgIpc) is 2.28. The lowest BCUT2D eigenvalue weighted by Gasteiger charge is -2.08. The zero-order valence-electron chi connectivity index (χ0n) is 10.6. The summed E-state index contributed by atoms with van der Waals surface area (Å²) >= 11 is 5.13. The predicted octanol–water partition coefficient (Wildman–Crippen LogP) is 2.93. The maximum atomic E-state index is 5.27. The number of hydrogen-bond donors (Lipinski definition) is 2. The van der Waals surface area contributed by atoms with Gasteiger partial charge in [0.25, 0.3) is 0 Å². The standard InChI is InChI=1S/C12H21N3OS/c1-3-6-10-14-11(9-12(17)15-10)13-7-5-8-16-4-2/h9H,3-8H2,1-2H3,(H2,13,14,15,17). The molecule has 1 heterocycles. The molecule has 0 aliphatic heterocycles. The van der Waals surface area contributed by atoms with Gasteiger partial charge in [0, 0.05) is 32.2 Å². The first-order valence-corrected chi connectivity index (χ1v) is 6.59. The Labute approximate surface area is 108 Å². The molecule has 17 heavy (non-hydrogen) atoms. The Morgan fingerprint density at radius 3 is 3.00 bits per heavy atom. The molecule has 0 unspecified atom stereocenters. The zero-order chi connectivity index (χ0) is 12.5. The Morgan fingerprint density at radius 2 is 2.29 bits per heavy atom. The third-order valence-electron chi connectivity index (χ3n) is 2.26. The fourth-order valence-electron chi connectivity index (χ4n) is 1.50. The van der Waals surface area contributed by atoms with Crippen LogP contribution >= 0.6 is 12.2 Å². The first kappa shape index (κ1) is 14.1. The predicted molar refractivity (Wildman–Crippen MR) is 73.0 cm³/mol. The maximum Gasteiger partial charge on any atom is 0.131 e. The molecule has 0 aliphatic carbocycles. The number of hydrogen-bond acceptors (Lipinski definition) is 4. The topological polar surface area (TPSA) is 49.9 Å². The third-order valence-corrected chi connectivity index (χ3v) is 2.47. The van der Waals surface area contributed by atoms with Crippen molar-refractivity contribution in [3.63, 3.8) is 0 Å². The molecule has 0 saturated carbocycles. The van der Waals surface area contributed by atoms with Crippen molar-refractivity contribution < 1.29 is 4.74 Å². The molecule has 0 atom stereocenters. The van der Waals surface area contributed by atoms with Crippen LogP contribution in [0.2, 0.25) is 0 Å². The van der Waals surface area contributed by atoms with Crippen LogP contribution in [0, 0.1) is 4.64 Å². The second-order valence-corrected chi connectivity index (χ2v) is 4.23. The Bertz CT molecular complexity index is 378. The van der Waals surface area contributed by atoms with Gasteiger partial charge in [-0.2, -0.15) is 0 Å². The van der Waals surface area contributed by atoms with Gasteiger partial charge in [-0.1, -0.05) is 19.1 Å². The monoisotopic (exact) mass is 255 g/mol. The third kappa shape index (κ3) is 5.79. The molecule has 0 aliphatic rings. The number of aromatic amines is 1. The first-order chi connectivity index (χ1) is 8.26. The zero-order valence-corrected chi connectivity index (χ0v) is 11.4. The minimum absolute atomic E-state index is 0.638. The Hall–Kier alpha value is -0.940. The molecule has 0 saturated heterocycles. The van der Waals surface area contributed by atoms with Gasteiger partial charge >= 0.3 is 0 Å². The summed E-state index contributed by atoms with van der Waals surface area (Å²) in [6.07, 6.45) is 2.98. The first-order valence-electron chi connectivity index (χ1n) is 6.18. The highest BCUT2D eigenvalue weighted by molar-refractivity contribution is 7.71. The summed E-state index contributed by atoms with van der Waals surface area (Å²) in [7, 11) is 0. The van der Waals surface area contributed by atoms with Crippen molar-refractivity contribution in [1.29, 1.82) is 0 Å². The van der Waals surface area contributed by atoms with E-state index in [-0.39, 0.29) is 0 Å². The van der Waals surface area contributed by atoms with E-state index in [2.05, 4.69) is 22.2 Å². The molecule has 96 valence electrons. The highest BCUT2D eigenvalue weighted by Gasteiger charge is 1.98. The number of aromatic nitrogens is 2. The molecule has 0 radical (unpaired) electrons. The largest absolute Gasteiger partial charge is 0.382 e. The number of ether oxygens (including phenoxy) is 1. The van der Waals surface area contributed by atoms with Crippen LogP contribution in [-0.2, 0) is 11.2 Å². The fraction of sp³-hybridized carbons (Fsp3) is 0.667. The summed E-state index contributed by atoms with van der Waals surface area (Å²) in [5, 5.41) is 3.30. The van der Waals surface area contributed by atoms with Gasteiger partial charge in [0.2, 0.25) is 0 Å². The highest BCUT2D eigenvalue weighted by atomic mass is 32.1. The highest BCUT2D eigenvalue weighted by Crippen LogP contribution is 2.05. The van der Waals surface area contributed by atoms with Crippen molar-refractivity contribution in [3.8, 4) is 0 Å². The van der Waals surface area contributed by atoms with E-state index in [1.165, 1.54) is 0 Å². The van der Waals surface area contributed by atoms with Crippen LogP contribution in [0.4, 0.5) is 5.82 Å². The minimum Gasteiger partial charge on any atom is -0.382 e. The summed E-state index contributed by atoms with van der Waals surface area (Å²) in [4.78, 5) is 7.52. The lowest BCUT2D eigenvalue weighted by Crippen LogP contribution is -2.08. The van der Waals surface area contributed by atoms with Gasteiger partial charge in [-0.05, 0) is 19.8 Å². The SMILES string of the molecule is CCCc1nc(=S)cc(NCCCOCC)[nH]1. The van der Waals surface area contributed by atoms with E-state index in [1.807, 2.05) is 13.0 Å². The normalized spacial score (nSPS) is 10.5. The van der Waals surface area contributed by atoms with Crippen LogP contribution in [0.5, 0.6) is 0 Å². The lowest BCUT2D eigenvalue weighted by atomic mass is 10.3. The van der Waals surface area contributed by atoms with Crippen molar-refractivity contribution in [3.05, 3.63) is 16.5 Å². The smallest absolute Gasteiger partial charge is 0.131 e. The average molecular weight is 255 g/mol. The molecule has 1 aromatic rings. The molecule has 1 rings (SSSR count). The molecule has 5 heteroatoms. The van der Waals surface area contributed by atoms with Gasteiger partial charge in [0.15, 0.2) is 0 Å². The summed E-state index contributed by atoms with van der Waals surface area (Å²) in [6, 6.07) is 1.86. The Kier molecular flexibility index (Phi) is 6.81. The summed E-state index contributed by atoms with van der Waals surface area (Å²) in [5.74, 6) is 1.90. The van der Waals surface area contributed by atoms with Gasteiger partial charge in [-0.3, -0.25) is 0 Å². The van der Waals surface area contributed by atoms with E-state index in [4.69, 9.17) is 17.0 Å². The van der Waals surface area contributed by atoms with Crippen molar-refractivity contribution in [2.45, 2.75) is 33.1 Å². The summed E-state index contributed by atoms with van der Waals surface area (Å²) < 4.78 is 5.91. The number of anilines is 1. The fourth-order valence-corrected chi connectivity index (χ4v) is 1.73. The van der Waals surface area contributed by atoms with E-state index in [1.54, 1.807) is 0 Å². The maximum absolute atomic E-state index is 5.27. The van der Waals surface area contributed by atoms with E-state index in [9.17, 15) is 0 Å². The second kappa shape index (κ2) is 8.20. The van der Waals surface area contributed by atoms with Gasteiger partial charge in [-0.15, -0.1) is 0 Å². The molecule has 0 bridgehead atoms. The molecule has 2 N–H and O–H groups in total. The molecule has 4 nitrogen and oxygen atoms in total. The Morgan fingerprint density at radius 1 is 1.47 bits per heavy atom. The van der Waals surface area contributed by atoms with Crippen molar-refractivity contribution in [2.24, 2.45) is 0 Å². The van der Waals surface area contributed by atoms with Crippen molar-refractivity contribution >= 4 is 18.0 Å². The van der Waals surface area contributed by atoms with E-state index in [0.29, 0.717) is 4.64 Å². The van der Waals surface area contributed by atoms with E-state index in [0.717, 1.165) is 50.7 Å². The van der Waals surface area contributed by atoms with E-state index < -0.39 is 0 Å². The number of H-pyrrole nitrogens is 1. The van der Waals surface area contributed by atoms with Crippen molar-refractivity contribution in [1.82, 2.24) is 9.97 Å². The second-order valence-electron chi connectivity index (χ2n) is 3.81.